The smallest absolute Gasteiger partial charge is 0.0445 e. The molecule has 1 heteroatoms. The number of hydrogen-bond donors (Lipinski definition) is 0. The Morgan fingerprint density at radius 2 is 2.00 bits per heavy atom. The van der Waals surface area contributed by atoms with E-state index in [1.54, 1.807) is 5.57 Å². The summed E-state index contributed by atoms with van der Waals surface area (Å²) in [7, 11) is -0.909. The molecule has 2 aliphatic rings. The van der Waals surface area contributed by atoms with Crippen LogP contribution in [0.1, 0.15) is 20.3 Å². The van der Waals surface area contributed by atoms with Gasteiger partial charge in [0.05, 0.1) is 0 Å². The molecule has 0 radical (unpaired) electrons. The van der Waals surface area contributed by atoms with E-state index < -0.39 is 8.07 Å². The molecular formula is C15H26Si. The van der Waals surface area contributed by atoms with E-state index in [9.17, 15) is 0 Å². The van der Waals surface area contributed by atoms with Gasteiger partial charge in [-0.3, -0.25) is 0 Å². The van der Waals surface area contributed by atoms with Crippen molar-refractivity contribution in [3.05, 3.63) is 23.8 Å². The van der Waals surface area contributed by atoms with Crippen LogP contribution in [0.25, 0.3) is 0 Å². The highest BCUT2D eigenvalue weighted by Gasteiger charge is 2.42. The number of allylic oxidation sites excluding steroid dienone is 4. The van der Waals surface area contributed by atoms with Gasteiger partial charge in [0.25, 0.3) is 0 Å². The van der Waals surface area contributed by atoms with Crippen LogP contribution in [0.3, 0.4) is 0 Å². The van der Waals surface area contributed by atoms with Crippen LogP contribution in [0.4, 0.5) is 0 Å². The van der Waals surface area contributed by atoms with Gasteiger partial charge in [0.1, 0.15) is 0 Å². The SMILES string of the molecule is CC1=CC=CC2C(C)CC(C[Si](C)(C)C)C12. The standard InChI is InChI=1S/C15H26Si/c1-11-7-6-8-14-12(2)9-13(15(11)14)10-16(3,4)5/h6-8,12-15H,9-10H2,1-5H3. The fraction of sp³-hybridized carbons (Fsp3) is 0.733. The Balaban J connectivity index is 2.17. The number of rotatable bonds is 2. The van der Waals surface area contributed by atoms with Crippen LogP contribution in [0.2, 0.25) is 25.7 Å². The Morgan fingerprint density at radius 3 is 2.62 bits per heavy atom. The molecule has 0 aromatic rings. The summed E-state index contributed by atoms with van der Waals surface area (Å²) in [5.41, 5.74) is 1.64. The summed E-state index contributed by atoms with van der Waals surface area (Å²) in [6, 6.07) is 1.51. The highest BCUT2D eigenvalue weighted by molar-refractivity contribution is 6.76. The molecule has 2 rings (SSSR count). The summed E-state index contributed by atoms with van der Waals surface area (Å²) >= 11 is 0. The average molecular weight is 234 g/mol. The third-order valence-electron chi connectivity index (χ3n) is 4.35. The van der Waals surface area contributed by atoms with Crippen molar-refractivity contribution in [3.8, 4) is 0 Å². The van der Waals surface area contributed by atoms with E-state index in [4.69, 9.17) is 0 Å². The van der Waals surface area contributed by atoms with Gasteiger partial charge < -0.3 is 0 Å². The Labute approximate surface area is 102 Å². The van der Waals surface area contributed by atoms with Crippen LogP contribution in [0.15, 0.2) is 23.8 Å². The molecule has 0 N–H and O–H groups in total. The Kier molecular flexibility index (Phi) is 3.17. The quantitative estimate of drug-likeness (QED) is 0.606. The average Bonchev–Trinajstić information content (AvgIpc) is 2.42. The first kappa shape index (κ1) is 12.2. The summed E-state index contributed by atoms with van der Waals surface area (Å²) in [5.74, 6) is 3.57. The molecule has 2 aliphatic carbocycles. The van der Waals surface area contributed by atoms with Crippen molar-refractivity contribution >= 4 is 8.07 Å². The van der Waals surface area contributed by atoms with Crippen LogP contribution in [0, 0.1) is 23.7 Å². The number of hydrogen-bond acceptors (Lipinski definition) is 0. The summed E-state index contributed by atoms with van der Waals surface area (Å²) in [6.07, 6.45) is 8.54. The zero-order valence-corrected chi connectivity index (χ0v) is 12.5. The fourth-order valence-corrected chi connectivity index (χ4v) is 5.87. The summed E-state index contributed by atoms with van der Waals surface area (Å²) in [4.78, 5) is 0. The van der Waals surface area contributed by atoms with Crippen molar-refractivity contribution in [2.45, 2.75) is 46.0 Å². The molecule has 4 atom stereocenters. The first-order valence-corrected chi connectivity index (χ1v) is 10.4. The molecule has 0 heterocycles. The van der Waals surface area contributed by atoms with E-state index >= 15 is 0 Å². The van der Waals surface area contributed by atoms with Gasteiger partial charge in [-0.25, -0.2) is 0 Å². The van der Waals surface area contributed by atoms with Crippen LogP contribution >= 0.6 is 0 Å². The molecule has 0 amide bonds. The topological polar surface area (TPSA) is 0 Å². The van der Waals surface area contributed by atoms with E-state index in [2.05, 4.69) is 51.7 Å². The van der Waals surface area contributed by atoms with Gasteiger partial charge in [-0.2, -0.15) is 0 Å². The van der Waals surface area contributed by atoms with Crippen LogP contribution in [-0.4, -0.2) is 8.07 Å². The maximum Gasteiger partial charge on any atom is 0.0445 e. The maximum absolute atomic E-state index is 2.52. The second-order valence-corrected chi connectivity index (χ2v) is 12.7. The van der Waals surface area contributed by atoms with Gasteiger partial charge in [-0.15, -0.1) is 0 Å². The van der Waals surface area contributed by atoms with E-state index in [-0.39, 0.29) is 0 Å². The van der Waals surface area contributed by atoms with Gasteiger partial charge in [0, 0.05) is 8.07 Å². The van der Waals surface area contributed by atoms with Crippen molar-refractivity contribution in [1.82, 2.24) is 0 Å². The molecule has 0 aromatic heterocycles. The monoisotopic (exact) mass is 234 g/mol. The molecule has 0 aromatic carbocycles. The van der Waals surface area contributed by atoms with E-state index in [1.165, 1.54) is 12.5 Å². The van der Waals surface area contributed by atoms with Crippen LogP contribution in [0.5, 0.6) is 0 Å². The van der Waals surface area contributed by atoms with Crippen molar-refractivity contribution in [2.24, 2.45) is 23.7 Å². The Morgan fingerprint density at radius 1 is 1.31 bits per heavy atom. The molecule has 90 valence electrons. The molecule has 0 spiro atoms. The number of fused-ring (bicyclic) bond motifs is 1. The Hall–Kier alpha value is -0.303. The molecule has 0 nitrogen and oxygen atoms in total. The van der Waals surface area contributed by atoms with E-state index in [1.807, 2.05) is 0 Å². The zero-order valence-electron chi connectivity index (χ0n) is 11.5. The second kappa shape index (κ2) is 4.18. The Bertz CT molecular complexity index is 319. The lowest BCUT2D eigenvalue weighted by molar-refractivity contribution is 0.404. The highest BCUT2D eigenvalue weighted by Crippen LogP contribution is 2.50. The second-order valence-electron chi connectivity index (χ2n) is 7.14. The minimum Gasteiger partial charge on any atom is -0.0805 e. The summed E-state index contributed by atoms with van der Waals surface area (Å²) in [5, 5.41) is 0. The highest BCUT2D eigenvalue weighted by atomic mass is 28.3. The zero-order chi connectivity index (χ0) is 11.9. The summed E-state index contributed by atoms with van der Waals surface area (Å²) < 4.78 is 0. The first-order valence-electron chi connectivity index (χ1n) is 6.73. The van der Waals surface area contributed by atoms with Crippen molar-refractivity contribution < 1.29 is 0 Å². The minimum absolute atomic E-state index is 0.839. The molecule has 1 fully saturated rings. The van der Waals surface area contributed by atoms with Crippen molar-refractivity contribution in [2.75, 3.05) is 0 Å². The predicted octanol–water partition coefficient (Wildman–Crippen LogP) is 4.73. The largest absolute Gasteiger partial charge is 0.0805 e. The van der Waals surface area contributed by atoms with Gasteiger partial charge in [-0.1, -0.05) is 56.4 Å². The lowest BCUT2D eigenvalue weighted by Gasteiger charge is -2.30. The molecule has 16 heavy (non-hydrogen) atoms. The lowest BCUT2D eigenvalue weighted by Crippen LogP contribution is -2.27. The van der Waals surface area contributed by atoms with E-state index in [0.717, 1.165) is 23.7 Å². The van der Waals surface area contributed by atoms with Gasteiger partial charge in [0.2, 0.25) is 0 Å². The summed E-state index contributed by atoms with van der Waals surface area (Å²) in [6.45, 7) is 12.3. The van der Waals surface area contributed by atoms with Crippen LogP contribution < -0.4 is 0 Å². The molecule has 0 aliphatic heterocycles. The predicted molar refractivity (Wildman–Crippen MR) is 75.3 cm³/mol. The van der Waals surface area contributed by atoms with E-state index in [0.29, 0.717) is 0 Å². The van der Waals surface area contributed by atoms with Gasteiger partial charge in [-0.05, 0) is 37.0 Å². The maximum atomic E-state index is 2.52. The molecule has 1 saturated carbocycles. The third-order valence-corrected chi connectivity index (χ3v) is 6.10. The fourth-order valence-electron chi connectivity index (χ4n) is 3.88. The third kappa shape index (κ3) is 2.34. The lowest BCUT2D eigenvalue weighted by atomic mass is 9.80. The first-order chi connectivity index (χ1) is 7.38. The molecular weight excluding hydrogens is 208 g/mol. The normalized spacial score (nSPS) is 38.4. The van der Waals surface area contributed by atoms with Crippen molar-refractivity contribution in [3.63, 3.8) is 0 Å². The van der Waals surface area contributed by atoms with Gasteiger partial charge >= 0.3 is 0 Å². The minimum atomic E-state index is -0.909. The van der Waals surface area contributed by atoms with Crippen LogP contribution in [-0.2, 0) is 0 Å². The molecule has 0 bridgehead atoms. The molecule has 4 unspecified atom stereocenters. The molecule has 0 saturated heterocycles. The van der Waals surface area contributed by atoms with Crippen molar-refractivity contribution in [1.29, 1.82) is 0 Å². The van der Waals surface area contributed by atoms with Gasteiger partial charge in [0.15, 0.2) is 0 Å².